The van der Waals surface area contributed by atoms with E-state index in [9.17, 15) is 14.9 Å². The summed E-state index contributed by atoms with van der Waals surface area (Å²) in [6.07, 6.45) is 2.98. The predicted octanol–water partition coefficient (Wildman–Crippen LogP) is 2.92. The van der Waals surface area contributed by atoms with E-state index in [2.05, 4.69) is 17.1 Å². The summed E-state index contributed by atoms with van der Waals surface area (Å²) in [4.78, 5) is 22.2. The number of para-hydroxylation sites is 1. The zero-order chi connectivity index (χ0) is 17.4. The number of nitrogens with one attached hydrogen (secondary N) is 1. The molecule has 0 saturated carbocycles. The highest BCUT2D eigenvalue weighted by molar-refractivity contribution is 5.97. The van der Waals surface area contributed by atoms with Gasteiger partial charge in [0.25, 0.3) is 11.6 Å². The van der Waals surface area contributed by atoms with Crippen molar-refractivity contribution in [1.29, 1.82) is 0 Å². The number of carbonyl (C=O) groups is 1. The fraction of sp³-hybridized carbons (Fsp3) is 0.0588. The smallest absolute Gasteiger partial charge is 0.275 e. The number of amides is 1. The first-order chi connectivity index (χ1) is 11.6. The largest absolute Gasteiger partial charge is 0.489 e. The first-order valence-corrected chi connectivity index (χ1v) is 7.02. The lowest BCUT2D eigenvalue weighted by Gasteiger charge is -2.08. The van der Waals surface area contributed by atoms with E-state index in [0.717, 1.165) is 0 Å². The minimum Gasteiger partial charge on any atom is -0.489 e. The number of non-ortho nitro benzene ring substituents is 1. The number of hydrazone groups is 1. The second kappa shape index (κ2) is 8.23. The molecule has 0 bridgehead atoms. The molecule has 0 spiro atoms. The van der Waals surface area contributed by atoms with Gasteiger partial charge in [0, 0.05) is 12.1 Å². The third-order valence-electron chi connectivity index (χ3n) is 2.97. The highest BCUT2D eigenvalue weighted by atomic mass is 16.6. The number of ether oxygens (including phenoxy) is 1. The van der Waals surface area contributed by atoms with Gasteiger partial charge in [-0.15, -0.1) is 0 Å². The molecule has 0 radical (unpaired) electrons. The molecule has 1 N–H and O–H groups in total. The van der Waals surface area contributed by atoms with E-state index in [4.69, 9.17) is 4.74 Å². The van der Waals surface area contributed by atoms with E-state index in [-0.39, 0.29) is 12.3 Å². The Balaban J connectivity index is 2.02. The number of carbonyl (C=O) groups excluding carboxylic acids is 1. The van der Waals surface area contributed by atoms with Gasteiger partial charge in [-0.25, -0.2) is 5.43 Å². The fourth-order valence-electron chi connectivity index (χ4n) is 1.84. The molecular weight excluding hydrogens is 310 g/mol. The van der Waals surface area contributed by atoms with Crippen molar-refractivity contribution in [2.24, 2.45) is 5.10 Å². The van der Waals surface area contributed by atoms with E-state index in [1.807, 2.05) is 0 Å². The molecule has 1 amide bonds. The van der Waals surface area contributed by atoms with Gasteiger partial charge < -0.3 is 4.74 Å². The lowest BCUT2D eigenvalue weighted by atomic mass is 10.2. The number of hydrogen-bond donors (Lipinski definition) is 1. The summed E-state index contributed by atoms with van der Waals surface area (Å²) in [5.74, 6) is 0.00765. The minimum absolute atomic E-state index is 0.00974. The van der Waals surface area contributed by atoms with Crippen molar-refractivity contribution in [3.05, 3.63) is 82.4 Å². The van der Waals surface area contributed by atoms with Gasteiger partial charge in [-0.3, -0.25) is 14.9 Å². The van der Waals surface area contributed by atoms with Gasteiger partial charge in [0.1, 0.15) is 12.4 Å². The Bertz CT molecular complexity index is 770. The van der Waals surface area contributed by atoms with E-state index in [1.165, 1.54) is 30.5 Å². The van der Waals surface area contributed by atoms with Crippen LogP contribution >= 0.6 is 0 Å². The van der Waals surface area contributed by atoms with Gasteiger partial charge in [-0.05, 0) is 29.8 Å². The van der Waals surface area contributed by atoms with E-state index < -0.39 is 10.8 Å². The molecule has 2 aromatic carbocycles. The van der Waals surface area contributed by atoms with Gasteiger partial charge in [-0.2, -0.15) is 5.10 Å². The third kappa shape index (κ3) is 4.51. The van der Waals surface area contributed by atoms with Crippen molar-refractivity contribution in [2.75, 3.05) is 6.61 Å². The van der Waals surface area contributed by atoms with Gasteiger partial charge in [0.05, 0.1) is 16.7 Å². The highest BCUT2D eigenvalue weighted by Crippen LogP contribution is 2.17. The molecule has 24 heavy (non-hydrogen) atoms. The lowest BCUT2D eigenvalue weighted by Crippen LogP contribution is -2.18. The fourth-order valence-corrected chi connectivity index (χ4v) is 1.84. The SMILES string of the molecule is C=CCOc1ccccc1C(=O)NN=Cc1ccc([N+](=O)[O-])cc1. The average Bonchev–Trinajstić information content (AvgIpc) is 2.60. The summed E-state index contributed by atoms with van der Waals surface area (Å²) >= 11 is 0. The van der Waals surface area contributed by atoms with Gasteiger partial charge >= 0.3 is 0 Å². The number of hydrogen-bond acceptors (Lipinski definition) is 5. The summed E-state index contributed by atoms with van der Waals surface area (Å²) in [5, 5.41) is 14.4. The first-order valence-electron chi connectivity index (χ1n) is 7.02. The Hall–Kier alpha value is -3.48. The first kappa shape index (κ1) is 16.9. The molecule has 0 unspecified atom stereocenters. The molecule has 7 heteroatoms. The predicted molar refractivity (Wildman–Crippen MR) is 90.3 cm³/mol. The molecule has 2 aromatic rings. The van der Waals surface area contributed by atoms with Crippen molar-refractivity contribution >= 4 is 17.8 Å². The Morgan fingerprint density at radius 3 is 2.62 bits per heavy atom. The van der Waals surface area contributed by atoms with Crippen LogP contribution in [0.25, 0.3) is 0 Å². The Morgan fingerprint density at radius 2 is 1.96 bits per heavy atom. The molecule has 0 aromatic heterocycles. The van der Waals surface area contributed by atoms with Crippen molar-refractivity contribution in [1.82, 2.24) is 5.43 Å². The molecule has 0 fully saturated rings. The molecule has 0 aliphatic rings. The van der Waals surface area contributed by atoms with E-state index in [1.54, 1.807) is 30.3 Å². The number of nitro benzene ring substituents is 1. The van der Waals surface area contributed by atoms with Crippen LogP contribution in [0.15, 0.2) is 66.3 Å². The van der Waals surface area contributed by atoms with Crippen LogP contribution in [0.4, 0.5) is 5.69 Å². The number of nitro groups is 1. The maximum Gasteiger partial charge on any atom is 0.275 e. The lowest BCUT2D eigenvalue weighted by molar-refractivity contribution is -0.384. The molecule has 0 aliphatic heterocycles. The zero-order valence-electron chi connectivity index (χ0n) is 12.7. The van der Waals surface area contributed by atoms with Crippen molar-refractivity contribution < 1.29 is 14.5 Å². The molecule has 0 heterocycles. The van der Waals surface area contributed by atoms with Crippen LogP contribution in [0, 0.1) is 10.1 Å². The van der Waals surface area contributed by atoms with Crippen LogP contribution < -0.4 is 10.2 Å². The molecule has 0 aliphatic carbocycles. The minimum atomic E-state index is -0.483. The number of rotatable bonds is 7. The van der Waals surface area contributed by atoms with E-state index in [0.29, 0.717) is 16.9 Å². The molecular formula is C17H15N3O4. The molecule has 2 rings (SSSR count). The summed E-state index contributed by atoms with van der Waals surface area (Å²) in [6.45, 7) is 3.85. The van der Waals surface area contributed by atoms with Gasteiger partial charge in [0.15, 0.2) is 0 Å². The maximum absolute atomic E-state index is 12.1. The van der Waals surface area contributed by atoms with Crippen molar-refractivity contribution in [3.8, 4) is 5.75 Å². The Morgan fingerprint density at radius 1 is 1.25 bits per heavy atom. The zero-order valence-corrected chi connectivity index (χ0v) is 12.7. The summed E-state index contributed by atoms with van der Waals surface area (Å²) in [6, 6.07) is 12.6. The summed E-state index contributed by atoms with van der Waals surface area (Å²) in [5.41, 5.74) is 3.35. The maximum atomic E-state index is 12.1. The van der Waals surface area contributed by atoms with Crippen molar-refractivity contribution in [2.45, 2.75) is 0 Å². The Labute approximate surface area is 138 Å². The number of nitrogens with zero attached hydrogens (tertiary/aromatic N) is 2. The average molecular weight is 325 g/mol. The second-order valence-corrected chi connectivity index (χ2v) is 4.64. The summed E-state index contributed by atoms with van der Waals surface area (Å²) < 4.78 is 5.41. The monoisotopic (exact) mass is 325 g/mol. The topological polar surface area (TPSA) is 93.8 Å². The molecule has 122 valence electrons. The highest BCUT2D eigenvalue weighted by Gasteiger charge is 2.10. The van der Waals surface area contributed by atoms with Crippen LogP contribution in [-0.4, -0.2) is 23.7 Å². The van der Waals surface area contributed by atoms with E-state index >= 15 is 0 Å². The van der Waals surface area contributed by atoms with Gasteiger partial charge in [0.2, 0.25) is 0 Å². The van der Waals surface area contributed by atoms with Crippen LogP contribution in [0.2, 0.25) is 0 Å². The quantitative estimate of drug-likeness (QED) is 0.366. The number of benzene rings is 2. The van der Waals surface area contributed by atoms with Crippen LogP contribution in [0.5, 0.6) is 5.75 Å². The standard InChI is InChI=1S/C17H15N3O4/c1-2-11-24-16-6-4-3-5-15(16)17(21)19-18-12-13-7-9-14(10-8-13)20(22)23/h2-10,12H,1,11H2,(H,19,21). The Kier molecular flexibility index (Phi) is 5.79. The molecule has 0 atom stereocenters. The van der Waals surface area contributed by atoms with Crippen molar-refractivity contribution in [3.63, 3.8) is 0 Å². The van der Waals surface area contributed by atoms with Crippen LogP contribution in [0.1, 0.15) is 15.9 Å². The van der Waals surface area contributed by atoms with Gasteiger partial charge in [-0.1, -0.05) is 24.8 Å². The van der Waals surface area contributed by atoms with Crippen LogP contribution in [-0.2, 0) is 0 Å². The normalized spacial score (nSPS) is 10.3. The third-order valence-corrected chi connectivity index (χ3v) is 2.97. The second-order valence-electron chi connectivity index (χ2n) is 4.64. The molecule has 0 saturated heterocycles. The summed E-state index contributed by atoms with van der Waals surface area (Å²) in [7, 11) is 0. The van der Waals surface area contributed by atoms with Crippen LogP contribution in [0.3, 0.4) is 0 Å². The molecule has 7 nitrogen and oxygen atoms in total.